The molecule has 5 heteroatoms. The zero-order valence-corrected chi connectivity index (χ0v) is 35.6. The molecule has 0 amide bonds. The van der Waals surface area contributed by atoms with Crippen molar-refractivity contribution in [3.8, 4) is 16.8 Å². The fourth-order valence-corrected chi connectivity index (χ4v) is 10.4. The molecule has 308 valence electrons. The minimum absolute atomic E-state index is 0.654. The number of amidine groups is 2. The van der Waals surface area contributed by atoms with E-state index in [9.17, 15) is 0 Å². The first-order valence-electron chi connectivity index (χ1n) is 22.5. The largest absolute Gasteiger partial charge is 0.456 e. The van der Waals surface area contributed by atoms with Crippen molar-refractivity contribution in [1.82, 2.24) is 9.88 Å². The average Bonchev–Trinajstić information content (AvgIpc) is 3.90. The predicted molar refractivity (Wildman–Crippen MR) is 275 cm³/mol. The number of aromatic nitrogens is 1. The number of hydrogen-bond acceptors (Lipinski definition) is 4. The lowest BCUT2D eigenvalue weighted by molar-refractivity contribution is 0.665. The molecule has 14 rings (SSSR count). The van der Waals surface area contributed by atoms with Crippen molar-refractivity contribution < 1.29 is 4.42 Å². The van der Waals surface area contributed by atoms with Crippen molar-refractivity contribution >= 4 is 98.5 Å². The molecule has 0 saturated carbocycles. The van der Waals surface area contributed by atoms with Crippen molar-refractivity contribution in [3.63, 3.8) is 0 Å². The standard InChI is InChI=1S/C61H38N4O/c1-2-14-37(15-3-1)38-26-28-39(29-27-38)59-62-60(52-32-44-20-8-9-21-45(44)46-22-10-11-23-47(46)52)64-61(63-59)53-36-58-51(50-31-41-17-5-7-19-43(41)34-57(50)66-58)35-56(53)65-54-25-13-12-24-48(54)49-30-40-16-4-6-18-42(40)33-55(49)65/h1-36,61H,(H,62,63,64). The number of nitrogens with zero attached hydrogens (tertiary/aromatic N) is 3. The van der Waals surface area contributed by atoms with Crippen LogP contribution in [0.2, 0.25) is 0 Å². The van der Waals surface area contributed by atoms with Crippen LogP contribution in [0.3, 0.4) is 0 Å². The maximum absolute atomic E-state index is 6.86. The van der Waals surface area contributed by atoms with Crippen LogP contribution in [0.4, 0.5) is 0 Å². The van der Waals surface area contributed by atoms with E-state index in [0.717, 1.165) is 88.7 Å². The van der Waals surface area contributed by atoms with Crippen LogP contribution in [0.15, 0.2) is 233 Å². The van der Waals surface area contributed by atoms with Gasteiger partial charge < -0.3 is 14.3 Å². The van der Waals surface area contributed by atoms with Crippen LogP contribution in [0.5, 0.6) is 0 Å². The van der Waals surface area contributed by atoms with E-state index >= 15 is 0 Å². The Hall–Kier alpha value is -8.80. The summed E-state index contributed by atoms with van der Waals surface area (Å²) in [4.78, 5) is 11.3. The first-order chi connectivity index (χ1) is 32.7. The van der Waals surface area contributed by atoms with Crippen LogP contribution < -0.4 is 5.32 Å². The molecule has 1 N–H and O–H groups in total. The Morgan fingerprint density at radius 1 is 0.364 bits per heavy atom. The van der Waals surface area contributed by atoms with Crippen molar-refractivity contribution in [3.05, 3.63) is 235 Å². The Labute approximate surface area is 379 Å². The predicted octanol–water partition coefficient (Wildman–Crippen LogP) is 15.5. The third-order valence-corrected chi connectivity index (χ3v) is 13.6. The Kier molecular flexibility index (Phi) is 7.98. The molecule has 0 saturated heterocycles. The van der Waals surface area contributed by atoms with Crippen LogP contribution in [-0.2, 0) is 0 Å². The molecule has 66 heavy (non-hydrogen) atoms. The number of hydrogen-bond donors (Lipinski definition) is 1. The molecule has 1 unspecified atom stereocenters. The Balaban J connectivity index is 1.07. The lowest BCUT2D eigenvalue weighted by Gasteiger charge is -2.25. The molecule has 0 bridgehead atoms. The van der Waals surface area contributed by atoms with Crippen molar-refractivity contribution in [2.45, 2.75) is 6.17 Å². The number of benzene rings is 11. The van der Waals surface area contributed by atoms with Crippen molar-refractivity contribution in [2.75, 3.05) is 0 Å². The van der Waals surface area contributed by atoms with Gasteiger partial charge >= 0.3 is 0 Å². The number of furan rings is 1. The third-order valence-electron chi connectivity index (χ3n) is 13.6. The van der Waals surface area contributed by atoms with E-state index in [4.69, 9.17) is 14.4 Å². The van der Waals surface area contributed by atoms with E-state index in [1.54, 1.807) is 0 Å². The molecule has 11 aromatic carbocycles. The summed E-state index contributed by atoms with van der Waals surface area (Å²) >= 11 is 0. The second-order valence-corrected chi connectivity index (χ2v) is 17.4. The molecule has 1 atom stereocenters. The molecule has 0 spiro atoms. The number of fused-ring (bicyclic) bond motifs is 11. The van der Waals surface area contributed by atoms with Crippen LogP contribution in [0.1, 0.15) is 22.9 Å². The molecule has 0 aliphatic carbocycles. The molecule has 2 aromatic heterocycles. The summed E-state index contributed by atoms with van der Waals surface area (Å²) < 4.78 is 9.29. The molecule has 0 fully saturated rings. The zero-order valence-electron chi connectivity index (χ0n) is 35.6. The van der Waals surface area contributed by atoms with Gasteiger partial charge in [-0.15, -0.1) is 0 Å². The van der Waals surface area contributed by atoms with Gasteiger partial charge in [-0.05, 0) is 103 Å². The zero-order chi connectivity index (χ0) is 43.3. The van der Waals surface area contributed by atoms with Gasteiger partial charge in [-0.1, -0.05) is 170 Å². The van der Waals surface area contributed by atoms with E-state index in [0.29, 0.717) is 0 Å². The summed E-state index contributed by atoms with van der Waals surface area (Å²) in [6.45, 7) is 0. The second kappa shape index (κ2) is 14.4. The summed E-state index contributed by atoms with van der Waals surface area (Å²) in [5, 5.41) is 17.6. The fraction of sp³-hybridized carbons (Fsp3) is 0.0164. The van der Waals surface area contributed by atoms with Gasteiger partial charge in [0.1, 0.15) is 22.8 Å². The molecule has 0 radical (unpaired) electrons. The molecule has 1 aliphatic heterocycles. The van der Waals surface area contributed by atoms with Gasteiger partial charge in [0.15, 0.2) is 6.17 Å². The highest BCUT2D eigenvalue weighted by Gasteiger charge is 2.28. The molecular weight excluding hydrogens is 805 g/mol. The molecule has 3 heterocycles. The van der Waals surface area contributed by atoms with Gasteiger partial charge in [-0.3, -0.25) is 0 Å². The Morgan fingerprint density at radius 2 is 0.909 bits per heavy atom. The van der Waals surface area contributed by atoms with Crippen LogP contribution in [0.25, 0.3) is 104 Å². The SMILES string of the molecule is c1ccc(-c2ccc(C3=NC(c4cc5oc6cc7ccccc7cc6c5cc4-n4c5ccccc5c5cc6ccccc6cc54)N=C(c4cc5ccccc5c5ccccc45)N3)cc2)cc1. The third kappa shape index (κ3) is 5.73. The Bertz CT molecular complexity index is 4200. The molecule has 5 nitrogen and oxygen atoms in total. The van der Waals surface area contributed by atoms with Gasteiger partial charge in [-0.2, -0.15) is 0 Å². The maximum Gasteiger partial charge on any atom is 0.171 e. The lowest BCUT2D eigenvalue weighted by atomic mass is 9.96. The number of rotatable bonds is 5. The number of para-hydroxylation sites is 1. The van der Waals surface area contributed by atoms with Crippen LogP contribution >= 0.6 is 0 Å². The summed E-state index contributed by atoms with van der Waals surface area (Å²) in [5.74, 6) is 1.51. The maximum atomic E-state index is 6.86. The van der Waals surface area contributed by atoms with E-state index in [-0.39, 0.29) is 0 Å². The van der Waals surface area contributed by atoms with E-state index in [1.165, 1.54) is 43.3 Å². The minimum atomic E-state index is -0.654. The minimum Gasteiger partial charge on any atom is -0.456 e. The molecule has 1 aliphatic rings. The number of nitrogens with one attached hydrogen (secondary N) is 1. The average molecular weight is 843 g/mol. The van der Waals surface area contributed by atoms with Crippen LogP contribution in [0, 0.1) is 0 Å². The van der Waals surface area contributed by atoms with Gasteiger partial charge in [0, 0.05) is 38.2 Å². The van der Waals surface area contributed by atoms with Gasteiger partial charge in [0.25, 0.3) is 0 Å². The topological polar surface area (TPSA) is 54.8 Å². The highest BCUT2D eigenvalue weighted by Crippen LogP contribution is 2.43. The Morgan fingerprint density at radius 3 is 1.68 bits per heavy atom. The smallest absolute Gasteiger partial charge is 0.171 e. The van der Waals surface area contributed by atoms with Gasteiger partial charge in [-0.25, -0.2) is 9.98 Å². The first kappa shape index (κ1) is 36.7. The first-order valence-corrected chi connectivity index (χ1v) is 22.5. The summed E-state index contributed by atoms with van der Waals surface area (Å²) in [5.41, 5.74) is 10.1. The normalized spacial score (nSPS) is 14.2. The highest BCUT2D eigenvalue weighted by atomic mass is 16.3. The quantitative estimate of drug-likeness (QED) is 0.176. The molecule has 13 aromatic rings. The van der Waals surface area contributed by atoms with Gasteiger partial charge in [0.2, 0.25) is 0 Å². The fourth-order valence-electron chi connectivity index (χ4n) is 10.4. The van der Waals surface area contributed by atoms with E-state index in [2.05, 4.69) is 228 Å². The lowest BCUT2D eigenvalue weighted by Crippen LogP contribution is -2.36. The summed E-state index contributed by atoms with van der Waals surface area (Å²) in [6, 6.07) is 78.2. The van der Waals surface area contributed by atoms with E-state index < -0.39 is 6.17 Å². The van der Waals surface area contributed by atoms with Gasteiger partial charge in [0.05, 0.1) is 16.7 Å². The number of aliphatic imine (C=N–C) groups is 2. The van der Waals surface area contributed by atoms with E-state index in [1.807, 2.05) is 0 Å². The summed E-state index contributed by atoms with van der Waals surface area (Å²) in [6.07, 6.45) is -0.654. The highest BCUT2D eigenvalue weighted by molar-refractivity contribution is 6.24. The van der Waals surface area contributed by atoms with Crippen LogP contribution in [-0.4, -0.2) is 16.2 Å². The van der Waals surface area contributed by atoms with Crippen molar-refractivity contribution in [2.24, 2.45) is 9.98 Å². The summed E-state index contributed by atoms with van der Waals surface area (Å²) in [7, 11) is 0. The van der Waals surface area contributed by atoms with Crippen molar-refractivity contribution in [1.29, 1.82) is 0 Å². The second-order valence-electron chi connectivity index (χ2n) is 17.4. The monoisotopic (exact) mass is 842 g/mol. The molecular formula is C61H38N4O.